The number of aryl methyl sites for hydroxylation is 1. The highest BCUT2D eigenvalue weighted by atomic mass is 28.4. The number of carbonyl (C=O) groups excluding carboxylic acids is 2. The first-order chi connectivity index (χ1) is 18.4. The Morgan fingerprint density at radius 2 is 1.54 bits per heavy atom. The number of ether oxygens (including phenoxy) is 1. The van der Waals surface area contributed by atoms with Gasteiger partial charge in [-0.1, -0.05) is 70.2 Å². The van der Waals surface area contributed by atoms with E-state index < -0.39 is 8.32 Å². The number of imide groups is 1. The van der Waals surface area contributed by atoms with Crippen molar-refractivity contribution in [2.75, 3.05) is 13.2 Å². The van der Waals surface area contributed by atoms with Gasteiger partial charge in [0.15, 0.2) is 8.32 Å². The van der Waals surface area contributed by atoms with Crippen LogP contribution in [-0.4, -0.2) is 61.6 Å². The highest BCUT2D eigenvalue weighted by Gasteiger charge is 2.46. The Bertz CT molecular complexity index is 1110. The summed E-state index contributed by atoms with van der Waals surface area (Å²) in [5.74, 6) is 0.0746. The van der Waals surface area contributed by atoms with Crippen LogP contribution in [0.25, 0.3) is 0 Å². The molecule has 0 bridgehead atoms. The largest absolute Gasteiger partial charge is 0.412 e. The maximum atomic E-state index is 13.2. The summed E-state index contributed by atoms with van der Waals surface area (Å²) in [6, 6.07) is 17.5. The van der Waals surface area contributed by atoms with Gasteiger partial charge in [-0.25, -0.2) is 0 Å². The summed E-state index contributed by atoms with van der Waals surface area (Å²) in [6.45, 7) is 13.5. The number of rotatable bonds is 11. The van der Waals surface area contributed by atoms with Crippen LogP contribution < -0.4 is 0 Å². The third-order valence-electron chi connectivity index (χ3n) is 9.14. The minimum Gasteiger partial charge on any atom is -0.412 e. The molecule has 1 saturated heterocycles. The van der Waals surface area contributed by atoms with Gasteiger partial charge in [0.05, 0.1) is 36.0 Å². The predicted molar refractivity (Wildman–Crippen MR) is 156 cm³/mol. The van der Waals surface area contributed by atoms with E-state index in [0.717, 1.165) is 12.8 Å². The fourth-order valence-electron chi connectivity index (χ4n) is 5.79. The first kappa shape index (κ1) is 29.7. The van der Waals surface area contributed by atoms with E-state index in [1.54, 1.807) is 24.3 Å². The number of nitrogens with zero attached hydrogens (tertiary/aromatic N) is 1. The molecule has 6 nitrogen and oxygen atoms in total. The SMILES string of the molecule is C[C@H]1C(CC(CN2C(=O)c3ccccc3C2=O)O[Si](C)(C)C(C)(C)C)O[C@@H](CCO)C1CCc1ccccc1. The Morgan fingerprint density at radius 3 is 2.10 bits per heavy atom. The van der Waals surface area contributed by atoms with Crippen molar-refractivity contribution >= 4 is 20.1 Å². The van der Waals surface area contributed by atoms with Crippen molar-refractivity contribution < 1.29 is 23.9 Å². The van der Waals surface area contributed by atoms with Crippen molar-refractivity contribution in [3.63, 3.8) is 0 Å². The van der Waals surface area contributed by atoms with E-state index in [9.17, 15) is 14.7 Å². The molecule has 212 valence electrons. The van der Waals surface area contributed by atoms with Gasteiger partial charge in [-0.2, -0.15) is 0 Å². The highest BCUT2D eigenvalue weighted by molar-refractivity contribution is 6.74. The molecule has 0 aliphatic carbocycles. The van der Waals surface area contributed by atoms with Gasteiger partial charge in [0.2, 0.25) is 0 Å². The monoisotopic (exact) mass is 551 g/mol. The van der Waals surface area contributed by atoms with Crippen LogP contribution in [0.3, 0.4) is 0 Å². The summed E-state index contributed by atoms with van der Waals surface area (Å²) >= 11 is 0. The van der Waals surface area contributed by atoms with Crippen LogP contribution in [0, 0.1) is 11.8 Å². The number of fused-ring (bicyclic) bond motifs is 1. The molecule has 2 aliphatic heterocycles. The molecule has 0 radical (unpaired) electrons. The molecular formula is C32H45NO5Si. The normalized spacial score (nSPS) is 24.3. The zero-order valence-electron chi connectivity index (χ0n) is 24.4. The van der Waals surface area contributed by atoms with Crippen molar-refractivity contribution in [1.29, 1.82) is 0 Å². The Balaban J connectivity index is 1.53. The van der Waals surface area contributed by atoms with Gasteiger partial charge in [-0.3, -0.25) is 14.5 Å². The zero-order valence-corrected chi connectivity index (χ0v) is 25.4. The lowest BCUT2D eigenvalue weighted by molar-refractivity contribution is -0.0113. The van der Waals surface area contributed by atoms with E-state index in [0.29, 0.717) is 29.9 Å². The third-order valence-corrected chi connectivity index (χ3v) is 13.7. The van der Waals surface area contributed by atoms with Crippen LogP contribution in [0.2, 0.25) is 18.1 Å². The maximum absolute atomic E-state index is 13.2. The van der Waals surface area contributed by atoms with Crippen LogP contribution in [0.4, 0.5) is 0 Å². The molecule has 2 amide bonds. The molecule has 2 aromatic rings. The smallest absolute Gasteiger partial charge is 0.261 e. The molecule has 2 heterocycles. The Labute approximate surface area is 234 Å². The number of amides is 2. The predicted octanol–water partition coefficient (Wildman–Crippen LogP) is 6.10. The van der Waals surface area contributed by atoms with Gasteiger partial charge in [-0.05, 0) is 66.9 Å². The van der Waals surface area contributed by atoms with Gasteiger partial charge in [0.25, 0.3) is 11.8 Å². The van der Waals surface area contributed by atoms with Gasteiger partial charge in [0.1, 0.15) is 0 Å². The number of aliphatic hydroxyl groups excluding tert-OH is 1. The first-order valence-electron chi connectivity index (χ1n) is 14.4. The van der Waals surface area contributed by atoms with Gasteiger partial charge >= 0.3 is 0 Å². The van der Waals surface area contributed by atoms with Gasteiger partial charge in [0, 0.05) is 13.0 Å². The van der Waals surface area contributed by atoms with E-state index in [1.807, 2.05) is 6.07 Å². The molecule has 0 saturated carbocycles. The molecule has 3 unspecified atom stereocenters. The molecule has 0 aromatic heterocycles. The van der Waals surface area contributed by atoms with E-state index in [4.69, 9.17) is 9.16 Å². The number of carbonyl (C=O) groups is 2. The fraction of sp³-hybridized carbons (Fsp3) is 0.562. The minimum atomic E-state index is -2.21. The first-order valence-corrected chi connectivity index (χ1v) is 17.3. The lowest BCUT2D eigenvalue weighted by Gasteiger charge is -2.40. The van der Waals surface area contributed by atoms with Crippen molar-refractivity contribution in [3.8, 4) is 0 Å². The molecule has 39 heavy (non-hydrogen) atoms. The average Bonchev–Trinajstić information content (AvgIpc) is 3.30. The van der Waals surface area contributed by atoms with Crippen molar-refractivity contribution in [2.45, 2.75) is 89.8 Å². The zero-order chi connectivity index (χ0) is 28.4. The fourth-order valence-corrected chi connectivity index (χ4v) is 7.15. The lowest BCUT2D eigenvalue weighted by atomic mass is 9.82. The Morgan fingerprint density at radius 1 is 0.949 bits per heavy atom. The Hall–Kier alpha value is -2.32. The molecule has 5 atom stereocenters. The molecule has 1 N–H and O–H groups in total. The number of hydrogen-bond donors (Lipinski definition) is 1. The summed E-state index contributed by atoms with van der Waals surface area (Å²) in [4.78, 5) is 27.8. The number of aliphatic hydroxyl groups is 1. The lowest BCUT2D eigenvalue weighted by Crippen LogP contribution is -2.49. The number of benzene rings is 2. The van der Waals surface area contributed by atoms with E-state index >= 15 is 0 Å². The topological polar surface area (TPSA) is 76.1 Å². The second kappa shape index (κ2) is 12.0. The van der Waals surface area contributed by atoms with Crippen molar-refractivity contribution in [1.82, 2.24) is 4.90 Å². The summed E-state index contributed by atoms with van der Waals surface area (Å²) in [6.07, 6.45) is 2.73. The van der Waals surface area contributed by atoms with Gasteiger partial charge in [-0.15, -0.1) is 0 Å². The summed E-state index contributed by atoms with van der Waals surface area (Å²) in [5.41, 5.74) is 2.23. The second-order valence-electron chi connectivity index (χ2n) is 12.8. The van der Waals surface area contributed by atoms with Crippen molar-refractivity contribution in [2.24, 2.45) is 11.8 Å². The standard InChI is InChI=1S/C32H45NO5Si/c1-22-25(17-16-23-12-8-7-9-13-23)28(18-19-34)37-29(22)20-24(38-39(5,6)32(2,3)4)21-33-30(35)26-14-10-11-15-27(26)31(33)36/h7-15,22,24-25,28-29,34H,16-21H2,1-6H3/t22-,24?,25?,28+,29?/m1/s1. The van der Waals surface area contributed by atoms with Crippen LogP contribution >= 0.6 is 0 Å². The highest BCUT2D eigenvalue weighted by Crippen LogP contribution is 2.42. The van der Waals surface area contributed by atoms with Crippen LogP contribution in [0.15, 0.2) is 54.6 Å². The molecule has 7 heteroatoms. The minimum absolute atomic E-state index is 0.0208. The summed E-state index contributed by atoms with van der Waals surface area (Å²) in [7, 11) is -2.21. The molecule has 2 aromatic carbocycles. The maximum Gasteiger partial charge on any atom is 0.261 e. The summed E-state index contributed by atoms with van der Waals surface area (Å²) in [5, 5.41) is 9.76. The summed E-state index contributed by atoms with van der Waals surface area (Å²) < 4.78 is 13.5. The van der Waals surface area contributed by atoms with Crippen LogP contribution in [-0.2, 0) is 15.6 Å². The second-order valence-corrected chi connectivity index (χ2v) is 17.5. The molecule has 4 rings (SSSR count). The number of hydrogen-bond acceptors (Lipinski definition) is 5. The molecule has 0 spiro atoms. The van der Waals surface area contributed by atoms with Crippen molar-refractivity contribution in [3.05, 3.63) is 71.3 Å². The third kappa shape index (κ3) is 6.54. The molecule has 1 fully saturated rings. The quantitative estimate of drug-likeness (QED) is 0.270. The van der Waals surface area contributed by atoms with Gasteiger partial charge < -0.3 is 14.3 Å². The molecular weight excluding hydrogens is 506 g/mol. The van der Waals surface area contributed by atoms with E-state index in [-0.39, 0.29) is 54.2 Å². The van der Waals surface area contributed by atoms with E-state index in [1.165, 1.54) is 10.5 Å². The van der Waals surface area contributed by atoms with Crippen LogP contribution in [0.5, 0.6) is 0 Å². The molecule has 2 aliphatic rings. The van der Waals surface area contributed by atoms with Crippen LogP contribution in [0.1, 0.15) is 73.2 Å². The average molecular weight is 552 g/mol. The van der Waals surface area contributed by atoms with E-state index in [2.05, 4.69) is 65.1 Å². The Kier molecular flexibility index (Phi) is 9.16.